The van der Waals surface area contributed by atoms with Gasteiger partial charge in [0.05, 0.1) is 12.7 Å². The smallest absolute Gasteiger partial charge is 0.255 e. The molecular weight excluding hydrogens is 490 g/mol. The predicted octanol–water partition coefficient (Wildman–Crippen LogP) is 5.76. The van der Waals surface area contributed by atoms with Crippen molar-refractivity contribution in [3.8, 4) is 11.5 Å². The normalized spacial score (nSPS) is 14.5. The molecule has 0 saturated heterocycles. The van der Waals surface area contributed by atoms with Crippen molar-refractivity contribution < 1.29 is 14.3 Å². The number of carbonyl (C=O) groups excluding carboxylic acids is 1. The fourth-order valence-corrected chi connectivity index (χ4v) is 4.49. The number of nitrogens with one attached hydrogen (secondary N) is 2. The van der Waals surface area contributed by atoms with Gasteiger partial charge in [-0.3, -0.25) is 4.79 Å². The summed E-state index contributed by atoms with van der Waals surface area (Å²) in [5.41, 5.74) is 4.85. The number of ether oxygens (including phenoxy) is 2. The van der Waals surface area contributed by atoms with Crippen molar-refractivity contribution in [3.63, 3.8) is 0 Å². The van der Waals surface area contributed by atoms with Gasteiger partial charge in [0.25, 0.3) is 5.91 Å². The second kappa shape index (κ2) is 10.4. The van der Waals surface area contributed by atoms with Gasteiger partial charge in [-0.2, -0.15) is 10.1 Å². The van der Waals surface area contributed by atoms with Crippen LogP contribution >= 0.6 is 11.6 Å². The van der Waals surface area contributed by atoms with Crippen LogP contribution in [0.1, 0.15) is 29.7 Å². The molecule has 0 unspecified atom stereocenters. The molecule has 2 heterocycles. The zero-order valence-corrected chi connectivity index (χ0v) is 21.4. The number of methoxy groups -OCH3 is 1. The SMILES string of the molecule is COc1cc([C@@H]2C(C(=O)Nc3ccc(Cl)cc3)=C(C)Nc3ncnn32)ccc1OCc1cccc(C)c1. The summed E-state index contributed by atoms with van der Waals surface area (Å²) in [5, 5.41) is 11.1. The van der Waals surface area contributed by atoms with Gasteiger partial charge in [0.2, 0.25) is 5.95 Å². The molecule has 3 aromatic carbocycles. The summed E-state index contributed by atoms with van der Waals surface area (Å²) in [5.74, 6) is 1.44. The number of anilines is 2. The quantitative estimate of drug-likeness (QED) is 0.325. The number of fused-ring (bicyclic) bond motifs is 1. The summed E-state index contributed by atoms with van der Waals surface area (Å²) in [7, 11) is 1.59. The van der Waals surface area contributed by atoms with Gasteiger partial charge in [0.1, 0.15) is 19.0 Å². The highest BCUT2D eigenvalue weighted by atomic mass is 35.5. The van der Waals surface area contributed by atoms with E-state index in [0.717, 1.165) is 11.1 Å². The molecule has 9 heteroatoms. The Morgan fingerprint density at radius 2 is 1.89 bits per heavy atom. The van der Waals surface area contributed by atoms with Gasteiger partial charge in [-0.05, 0) is 61.4 Å². The summed E-state index contributed by atoms with van der Waals surface area (Å²) >= 11 is 6.00. The van der Waals surface area contributed by atoms with Crippen LogP contribution in [0.2, 0.25) is 5.02 Å². The number of carbonyl (C=O) groups is 1. The van der Waals surface area contributed by atoms with E-state index in [1.807, 2.05) is 50.2 Å². The number of allylic oxidation sites excluding steroid dienone is 1. The second-order valence-electron chi connectivity index (χ2n) is 8.74. The van der Waals surface area contributed by atoms with Crippen LogP contribution in [0.5, 0.6) is 11.5 Å². The molecule has 0 aliphatic carbocycles. The maximum Gasteiger partial charge on any atom is 0.255 e. The Labute approximate surface area is 219 Å². The highest BCUT2D eigenvalue weighted by molar-refractivity contribution is 6.30. The van der Waals surface area contributed by atoms with Crippen LogP contribution in [0.25, 0.3) is 0 Å². The fraction of sp³-hybridized carbons (Fsp3) is 0.179. The Morgan fingerprint density at radius 1 is 1.08 bits per heavy atom. The summed E-state index contributed by atoms with van der Waals surface area (Å²) in [4.78, 5) is 17.8. The monoisotopic (exact) mass is 515 g/mol. The van der Waals surface area contributed by atoms with Crippen molar-refractivity contribution in [1.29, 1.82) is 0 Å². The molecule has 0 spiro atoms. The predicted molar refractivity (Wildman–Crippen MR) is 143 cm³/mol. The van der Waals surface area contributed by atoms with Crippen molar-refractivity contribution in [1.82, 2.24) is 14.8 Å². The van der Waals surface area contributed by atoms with Crippen molar-refractivity contribution in [2.75, 3.05) is 17.7 Å². The molecule has 0 fully saturated rings. The molecule has 37 heavy (non-hydrogen) atoms. The van der Waals surface area contributed by atoms with Crippen molar-refractivity contribution >= 4 is 29.1 Å². The minimum Gasteiger partial charge on any atom is -0.493 e. The van der Waals surface area contributed by atoms with Crippen molar-refractivity contribution in [3.05, 3.63) is 106 Å². The molecule has 8 nitrogen and oxygen atoms in total. The molecule has 1 atom stereocenters. The van der Waals surface area contributed by atoms with Gasteiger partial charge in [0.15, 0.2) is 11.5 Å². The molecule has 1 amide bonds. The zero-order chi connectivity index (χ0) is 25.9. The first-order valence-electron chi connectivity index (χ1n) is 11.7. The molecule has 2 N–H and O–H groups in total. The number of hydrogen-bond donors (Lipinski definition) is 2. The van der Waals surface area contributed by atoms with Crippen LogP contribution in [0, 0.1) is 6.92 Å². The first-order valence-corrected chi connectivity index (χ1v) is 12.1. The van der Waals surface area contributed by atoms with E-state index in [0.29, 0.717) is 46.0 Å². The molecule has 0 bridgehead atoms. The average molecular weight is 516 g/mol. The number of amides is 1. The van der Waals surface area contributed by atoms with Crippen LogP contribution in [0.4, 0.5) is 11.6 Å². The molecule has 1 aromatic heterocycles. The average Bonchev–Trinajstić information content (AvgIpc) is 3.36. The zero-order valence-electron chi connectivity index (χ0n) is 20.7. The number of aryl methyl sites for hydroxylation is 1. The van der Waals surface area contributed by atoms with Gasteiger partial charge >= 0.3 is 0 Å². The summed E-state index contributed by atoms with van der Waals surface area (Å²) in [6.07, 6.45) is 1.46. The second-order valence-corrected chi connectivity index (χ2v) is 9.18. The lowest BCUT2D eigenvalue weighted by molar-refractivity contribution is -0.113. The van der Waals surface area contributed by atoms with E-state index in [1.165, 1.54) is 11.9 Å². The third-order valence-corrected chi connectivity index (χ3v) is 6.37. The number of benzene rings is 3. The maximum absolute atomic E-state index is 13.5. The van der Waals surface area contributed by atoms with E-state index in [1.54, 1.807) is 36.1 Å². The molecule has 4 aromatic rings. The van der Waals surface area contributed by atoms with Gasteiger partial charge in [0, 0.05) is 16.4 Å². The number of aromatic nitrogens is 3. The Hall–Kier alpha value is -4.30. The van der Waals surface area contributed by atoms with E-state index >= 15 is 0 Å². The summed E-state index contributed by atoms with van der Waals surface area (Å²) < 4.78 is 13.4. The highest BCUT2D eigenvalue weighted by Gasteiger charge is 2.34. The first-order chi connectivity index (χ1) is 17.9. The van der Waals surface area contributed by atoms with Crippen LogP contribution in [-0.4, -0.2) is 27.8 Å². The fourth-order valence-electron chi connectivity index (χ4n) is 4.36. The highest BCUT2D eigenvalue weighted by Crippen LogP contribution is 2.39. The number of hydrogen-bond acceptors (Lipinski definition) is 6. The molecule has 1 aliphatic heterocycles. The Morgan fingerprint density at radius 3 is 2.65 bits per heavy atom. The van der Waals surface area contributed by atoms with Gasteiger partial charge in [-0.1, -0.05) is 47.5 Å². The summed E-state index contributed by atoms with van der Waals surface area (Å²) in [6.45, 7) is 4.30. The largest absolute Gasteiger partial charge is 0.493 e. The molecule has 188 valence electrons. The Balaban J connectivity index is 1.47. The Kier molecular flexibility index (Phi) is 6.83. The van der Waals surface area contributed by atoms with Crippen molar-refractivity contribution in [2.45, 2.75) is 26.5 Å². The van der Waals surface area contributed by atoms with Gasteiger partial charge in [-0.25, -0.2) is 4.68 Å². The molecule has 5 rings (SSSR count). The topological polar surface area (TPSA) is 90.3 Å². The lowest BCUT2D eigenvalue weighted by atomic mass is 9.94. The minimum absolute atomic E-state index is 0.266. The van der Waals surface area contributed by atoms with E-state index in [2.05, 4.69) is 26.8 Å². The van der Waals surface area contributed by atoms with Crippen molar-refractivity contribution in [2.24, 2.45) is 0 Å². The van der Waals surface area contributed by atoms with Gasteiger partial charge < -0.3 is 20.1 Å². The van der Waals surface area contributed by atoms with Crippen LogP contribution in [0.15, 0.2) is 84.3 Å². The number of nitrogens with zero attached hydrogens (tertiary/aromatic N) is 3. The maximum atomic E-state index is 13.5. The standard InChI is InChI=1S/C28H26ClN5O3/c1-17-5-4-6-19(13-17)15-37-23-12-7-20(14-24(23)36-3)26-25(18(2)32-28-30-16-31-34(26)28)27(35)33-22-10-8-21(29)9-11-22/h4-14,16,26H,15H2,1-3H3,(H,33,35)(H,30,31,32)/t26-/m1/s1. The van der Waals surface area contributed by atoms with Crippen LogP contribution in [0.3, 0.4) is 0 Å². The van der Waals surface area contributed by atoms with E-state index in [9.17, 15) is 4.79 Å². The lowest BCUT2D eigenvalue weighted by Gasteiger charge is -2.29. The first kappa shape index (κ1) is 24.4. The number of halogens is 1. The minimum atomic E-state index is -0.536. The molecule has 0 saturated carbocycles. The number of rotatable bonds is 7. The molecule has 1 aliphatic rings. The van der Waals surface area contributed by atoms with E-state index in [4.69, 9.17) is 21.1 Å². The van der Waals surface area contributed by atoms with Crippen LogP contribution in [-0.2, 0) is 11.4 Å². The lowest BCUT2D eigenvalue weighted by Crippen LogP contribution is -2.31. The van der Waals surface area contributed by atoms with E-state index in [-0.39, 0.29) is 5.91 Å². The third kappa shape index (κ3) is 5.15. The molecule has 0 radical (unpaired) electrons. The van der Waals surface area contributed by atoms with Gasteiger partial charge in [-0.15, -0.1) is 0 Å². The summed E-state index contributed by atoms with van der Waals surface area (Å²) in [6, 6.07) is 20.2. The van der Waals surface area contributed by atoms with E-state index < -0.39 is 6.04 Å². The molecular formula is C28H26ClN5O3. The Bertz CT molecular complexity index is 1480. The van der Waals surface area contributed by atoms with Crippen LogP contribution < -0.4 is 20.1 Å². The third-order valence-electron chi connectivity index (χ3n) is 6.12.